The van der Waals surface area contributed by atoms with Crippen molar-refractivity contribution in [3.63, 3.8) is 0 Å². The van der Waals surface area contributed by atoms with E-state index in [1.807, 2.05) is 42.1 Å². The molecule has 1 aromatic carbocycles. The molecule has 5 nitrogen and oxygen atoms in total. The number of pyridine rings is 1. The lowest BCUT2D eigenvalue weighted by atomic mass is 10.1. The van der Waals surface area contributed by atoms with E-state index in [4.69, 9.17) is 4.74 Å². The molecule has 146 valence electrons. The molecular weight excluding hydrogens is 405 g/mol. The van der Waals surface area contributed by atoms with E-state index in [2.05, 4.69) is 21.7 Å². The van der Waals surface area contributed by atoms with Gasteiger partial charge in [-0.15, -0.1) is 24.8 Å². The van der Waals surface area contributed by atoms with Crippen molar-refractivity contribution in [2.75, 3.05) is 30.0 Å². The number of thioether (sulfide) groups is 1. The van der Waals surface area contributed by atoms with Crippen molar-refractivity contribution < 1.29 is 9.53 Å². The summed E-state index contributed by atoms with van der Waals surface area (Å²) in [5, 5.41) is 6.31. The number of halogens is 2. The second kappa shape index (κ2) is 10.2. The molecule has 1 fully saturated rings. The number of nitrogens with one attached hydrogen (secondary N) is 2. The standard InChI is InChI=1S/C19H21N3O2S.2ClH/c23-19(11-15-12-25-9-7-20-15)22-18-3-1-2-16(21-18)13-4-5-17-14(10-13)6-8-24-17;;/h1-5,10,15,20H,6-9,11-12H2,(H,21,22,23);2*1H. The monoisotopic (exact) mass is 427 g/mol. The molecule has 2 aliphatic heterocycles. The van der Waals surface area contributed by atoms with E-state index < -0.39 is 0 Å². The quantitative estimate of drug-likeness (QED) is 0.780. The summed E-state index contributed by atoms with van der Waals surface area (Å²) in [5.74, 6) is 3.67. The Balaban J connectivity index is 0.00000131. The van der Waals surface area contributed by atoms with Crippen LogP contribution in [-0.2, 0) is 11.2 Å². The molecule has 0 spiro atoms. The van der Waals surface area contributed by atoms with Crippen LogP contribution in [0.15, 0.2) is 36.4 Å². The number of rotatable bonds is 4. The highest BCUT2D eigenvalue weighted by Gasteiger charge is 2.17. The first-order valence-electron chi connectivity index (χ1n) is 8.62. The summed E-state index contributed by atoms with van der Waals surface area (Å²) in [6, 6.07) is 12.1. The van der Waals surface area contributed by atoms with Crippen molar-refractivity contribution >= 4 is 48.3 Å². The van der Waals surface area contributed by atoms with Crippen LogP contribution in [0, 0.1) is 0 Å². The van der Waals surface area contributed by atoms with E-state index in [0.717, 1.165) is 48.1 Å². The van der Waals surface area contributed by atoms with Gasteiger partial charge >= 0.3 is 0 Å². The molecule has 0 bridgehead atoms. The number of hydrogen-bond donors (Lipinski definition) is 2. The maximum absolute atomic E-state index is 12.3. The Labute approximate surface area is 175 Å². The fourth-order valence-electron chi connectivity index (χ4n) is 3.18. The van der Waals surface area contributed by atoms with Crippen LogP contribution >= 0.6 is 36.6 Å². The summed E-state index contributed by atoms with van der Waals surface area (Å²) >= 11 is 1.89. The minimum absolute atomic E-state index is 0. The van der Waals surface area contributed by atoms with Crippen LogP contribution in [0.1, 0.15) is 12.0 Å². The second-order valence-corrected chi connectivity index (χ2v) is 7.46. The summed E-state index contributed by atoms with van der Waals surface area (Å²) in [6.07, 6.45) is 1.42. The molecule has 4 rings (SSSR count). The molecule has 1 saturated heterocycles. The number of anilines is 1. The van der Waals surface area contributed by atoms with Gasteiger partial charge in [-0.3, -0.25) is 4.79 Å². The number of fused-ring (bicyclic) bond motifs is 1. The Hall–Kier alpha value is -1.47. The van der Waals surface area contributed by atoms with Gasteiger partial charge in [-0.25, -0.2) is 4.98 Å². The summed E-state index contributed by atoms with van der Waals surface area (Å²) in [7, 11) is 0. The van der Waals surface area contributed by atoms with Crippen molar-refractivity contribution in [1.29, 1.82) is 0 Å². The van der Waals surface area contributed by atoms with Gasteiger partial charge in [0.25, 0.3) is 0 Å². The zero-order valence-electron chi connectivity index (χ0n) is 14.8. The SMILES string of the molecule is Cl.Cl.O=C(CC1CSCCN1)Nc1cccc(-c2ccc3c(c2)CCO3)n1. The smallest absolute Gasteiger partial charge is 0.227 e. The molecule has 1 unspecified atom stereocenters. The molecule has 1 aromatic heterocycles. The highest BCUT2D eigenvalue weighted by molar-refractivity contribution is 7.99. The van der Waals surface area contributed by atoms with Crippen molar-refractivity contribution in [2.45, 2.75) is 18.9 Å². The number of amides is 1. The first-order chi connectivity index (χ1) is 12.3. The average molecular weight is 428 g/mol. The van der Waals surface area contributed by atoms with E-state index >= 15 is 0 Å². The van der Waals surface area contributed by atoms with Gasteiger partial charge in [0.15, 0.2) is 0 Å². The molecule has 3 heterocycles. The Morgan fingerprint density at radius 3 is 3.00 bits per heavy atom. The largest absolute Gasteiger partial charge is 0.493 e. The Morgan fingerprint density at radius 2 is 2.19 bits per heavy atom. The lowest BCUT2D eigenvalue weighted by Crippen LogP contribution is -2.39. The van der Waals surface area contributed by atoms with E-state index in [1.54, 1.807) is 0 Å². The molecule has 2 aliphatic rings. The summed E-state index contributed by atoms with van der Waals surface area (Å²) in [6.45, 7) is 1.72. The number of nitrogens with zero attached hydrogens (tertiary/aromatic N) is 1. The molecule has 0 aliphatic carbocycles. The molecular formula is C19H23Cl2N3O2S. The van der Waals surface area contributed by atoms with Crippen molar-refractivity contribution in [1.82, 2.24) is 10.3 Å². The van der Waals surface area contributed by atoms with Crippen LogP contribution in [0.5, 0.6) is 5.75 Å². The summed E-state index contributed by atoms with van der Waals surface area (Å²) in [4.78, 5) is 16.9. The molecule has 0 saturated carbocycles. The van der Waals surface area contributed by atoms with E-state index in [9.17, 15) is 4.79 Å². The van der Waals surface area contributed by atoms with Crippen molar-refractivity contribution in [3.05, 3.63) is 42.0 Å². The normalized spacial score (nSPS) is 17.7. The lowest BCUT2D eigenvalue weighted by molar-refractivity contribution is -0.116. The maximum atomic E-state index is 12.3. The summed E-state index contributed by atoms with van der Waals surface area (Å²) < 4.78 is 5.55. The Kier molecular flexibility index (Phi) is 8.23. The Morgan fingerprint density at radius 1 is 1.30 bits per heavy atom. The van der Waals surface area contributed by atoms with Gasteiger partial charge in [0, 0.05) is 42.5 Å². The third-order valence-corrected chi connectivity index (χ3v) is 5.56. The minimum Gasteiger partial charge on any atom is -0.493 e. The maximum Gasteiger partial charge on any atom is 0.227 e. The third kappa shape index (κ3) is 5.51. The number of ether oxygens (including phenoxy) is 1. The van der Waals surface area contributed by atoms with Gasteiger partial charge in [0.2, 0.25) is 5.91 Å². The zero-order chi connectivity index (χ0) is 17.1. The highest BCUT2D eigenvalue weighted by atomic mass is 35.5. The molecule has 27 heavy (non-hydrogen) atoms. The van der Waals surface area contributed by atoms with Crippen LogP contribution < -0.4 is 15.4 Å². The average Bonchev–Trinajstić information content (AvgIpc) is 3.10. The van der Waals surface area contributed by atoms with Gasteiger partial charge in [-0.1, -0.05) is 6.07 Å². The van der Waals surface area contributed by atoms with Crippen LogP contribution in [0.4, 0.5) is 5.82 Å². The first kappa shape index (κ1) is 21.8. The van der Waals surface area contributed by atoms with Crippen LogP contribution in [0.3, 0.4) is 0 Å². The van der Waals surface area contributed by atoms with Gasteiger partial charge in [0.1, 0.15) is 11.6 Å². The number of hydrogen-bond acceptors (Lipinski definition) is 5. The predicted molar refractivity (Wildman–Crippen MR) is 116 cm³/mol. The van der Waals surface area contributed by atoms with Crippen molar-refractivity contribution in [2.24, 2.45) is 0 Å². The molecule has 1 amide bonds. The first-order valence-corrected chi connectivity index (χ1v) is 9.77. The van der Waals surface area contributed by atoms with E-state index in [1.165, 1.54) is 5.56 Å². The topological polar surface area (TPSA) is 63.2 Å². The fourth-order valence-corrected chi connectivity index (χ4v) is 4.13. The van der Waals surface area contributed by atoms with Crippen molar-refractivity contribution in [3.8, 4) is 17.0 Å². The highest BCUT2D eigenvalue weighted by Crippen LogP contribution is 2.30. The zero-order valence-corrected chi connectivity index (χ0v) is 17.2. The third-order valence-electron chi connectivity index (χ3n) is 4.43. The van der Waals surface area contributed by atoms with Crippen LogP contribution in [0.2, 0.25) is 0 Å². The van der Waals surface area contributed by atoms with Crippen LogP contribution in [-0.4, -0.2) is 41.6 Å². The number of carbonyl (C=O) groups is 1. The second-order valence-electron chi connectivity index (χ2n) is 6.31. The fraction of sp³-hybridized carbons (Fsp3) is 0.368. The summed E-state index contributed by atoms with van der Waals surface area (Å²) in [5.41, 5.74) is 3.12. The van der Waals surface area contributed by atoms with Crippen LogP contribution in [0.25, 0.3) is 11.3 Å². The molecule has 8 heteroatoms. The van der Waals surface area contributed by atoms with Gasteiger partial charge in [0.05, 0.1) is 12.3 Å². The molecule has 0 radical (unpaired) electrons. The van der Waals surface area contributed by atoms with Gasteiger partial charge in [-0.05, 0) is 35.9 Å². The van der Waals surface area contributed by atoms with E-state index in [-0.39, 0.29) is 36.8 Å². The van der Waals surface area contributed by atoms with Gasteiger partial charge < -0.3 is 15.4 Å². The number of benzene rings is 1. The lowest BCUT2D eigenvalue weighted by Gasteiger charge is -2.22. The minimum atomic E-state index is 0. The molecule has 2 N–H and O–H groups in total. The number of carbonyl (C=O) groups excluding carboxylic acids is 1. The van der Waals surface area contributed by atoms with E-state index in [0.29, 0.717) is 12.2 Å². The Bertz CT molecular complexity index is 785. The number of aromatic nitrogens is 1. The molecule has 1 atom stereocenters. The van der Waals surface area contributed by atoms with Gasteiger partial charge in [-0.2, -0.15) is 11.8 Å². The molecule has 2 aromatic rings. The predicted octanol–water partition coefficient (Wildman–Crippen LogP) is 3.56.